The molecule has 2 heteroatoms. The first-order chi connectivity index (χ1) is 6.24. The van der Waals surface area contributed by atoms with Crippen LogP contribution < -0.4 is 0 Å². The largest absolute Gasteiger partial charge is 0.265 e. The first-order valence-corrected chi connectivity index (χ1v) is 4.56. The quantitative estimate of drug-likeness (QED) is 0.689. The lowest BCUT2D eigenvalue weighted by atomic mass is 10.2. The lowest BCUT2D eigenvalue weighted by Gasteiger charge is -2.01. The summed E-state index contributed by atoms with van der Waals surface area (Å²) >= 11 is 0. The first-order valence-electron chi connectivity index (χ1n) is 4.56. The second-order valence-electron chi connectivity index (χ2n) is 3.02. The Morgan fingerprint density at radius 1 is 1.38 bits per heavy atom. The van der Waals surface area contributed by atoms with Crippen LogP contribution in [0.2, 0.25) is 0 Å². The predicted octanol–water partition coefficient (Wildman–Crippen LogP) is 2.89. The van der Waals surface area contributed by atoms with E-state index in [2.05, 4.69) is 25.2 Å². The Morgan fingerprint density at radius 2 is 2.08 bits per heavy atom. The third-order valence-electron chi connectivity index (χ3n) is 2.05. The molecule has 0 amide bonds. The molecule has 1 aromatic heterocycles. The van der Waals surface area contributed by atoms with Gasteiger partial charge in [0.15, 0.2) is 0 Å². The molecule has 0 aliphatic rings. The van der Waals surface area contributed by atoms with E-state index in [1.165, 1.54) is 0 Å². The minimum atomic E-state index is 0.941. The maximum Gasteiger partial charge on any atom is 0.0679 e. The van der Waals surface area contributed by atoms with E-state index in [-0.39, 0.29) is 0 Å². The Bertz CT molecular complexity index is 321. The van der Waals surface area contributed by atoms with E-state index in [1.54, 1.807) is 0 Å². The summed E-state index contributed by atoms with van der Waals surface area (Å²) in [5.74, 6) is 0. The van der Waals surface area contributed by atoms with E-state index in [4.69, 9.17) is 0 Å². The summed E-state index contributed by atoms with van der Waals surface area (Å²) < 4.78 is 1.99. The number of rotatable bonds is 4. The van der Waals surface area contributed by atoms with E-state index in [0.717, 1.165) is 29.9 Å². The van der Waals surface area contributed by atoms with Crippen molar-refractivity contribution in [1.82, 2.24) is 9.78 Å². The lowest BCUT2D eigenvalue weighted by molar-refractivity contribution is 0.594. The van der Waals surface area contributed by atoms with Gasteiger partial charge in [-0.15, -0.1) is 0 Å². The Labute approximate surface area is 79.6 Å². The van der Waals surface area contributed by atoms with Crippen molar-refractivity contribution in [1.29, 1.82) is 0 Å². The minimum Gasteiger partial charge on any atom is -0.265 e. The Hall–Kier alpha value is -1.31. The van der Waals surface area contributed by atoms with Crippen LogP contribution in [0.5, 0.6) is 0 Å². The van der Waals surface area contributed by atoms with E-state index in [1.807, 2.05) is 23.8 Å². The normalized spacial score (nSPS) is 10.0. The summed E-state index contributed by atoms with van der Waals surface area (Å²) in [4.78, 5) is 0. The van der Waals surface area contributed by atoms with Crippen molar-refractivity contribution < 1.29 is 0 Å². The molecular formula is C11H16N2. The van der Waals surface area contributed by atoms with Crippen molar-refractivity contribution in [3.63, 3.8) is 0 Å². The number of aryl methyl sites for hydroxylation is 2. The molecule has 0 aliphatic carbocycles. The first kappa shape index (κ1) is 9.78. The van der Waals surface area contributed by atoms with Gasteiger partial charge >= 0.3 is 0 Å². The molecule has 0 aromatic carbocycles. The van der Waals surface area contributed by atoms with Gasteiger partial charge in [0, 0.05) is 12.1 Å². The summed E-state index contributed by atoms with van der Waals surface area (Å²) in [7, 11) is 0. The lowest BCUT2D eigenvalue weighted by Crippen LogP contribution is -2.01. The second kappa shape index (κ2) is 4.08. The van der Waals surface area contributed by atoms with Gasteiger partial charge in [-0.1, -0.05) is 26.2 Å². The van der Waals surface area contributed by atoms with Crippen molar-refractivity contribution in [3.8, 4) is 0 Å². The van der Waals surface area contributed by atoms with Crippen LogP contribution in [0.3, 0.4) is 0 Å². The van der Waals surface area contributed by atoms with Crippen LogP contribution in [0.25, 0.3) is 12.2 Å². The highest BCUT2D eigenvalue weighted by atomic mass is 15.3. The van der Waals surface area contributed by atoms with Crippen LogP contribution in [0, 0.1) is 6.92 Å². The number of hydrogen-bond donors (Lipinski definition) is 0. The molecule has 0 fully saturated rings. The molecule has 0 N–H and O–H groups in total. The van der Waals surface area contributed by atoms with Gasteiger partial charge < -0.3 is 0 Å². The Balaban J connectivity index is 3.20. The fourth-order valence-corrected chi connectivity index (χ4v) is 1.46. The van der Waals surface area contributed by atoms with Crippen molar-refractivity contribution in [2.45, 2.75) is 26.8 Å². The summed E-state index contributed by atoms with van der Waals surface area (Å²) in [6, 6.07) is 0. The predicted molar refractivity (Wildman–Crippen MR) is 57.4 cm³/mol. The molecule has 0 radical (unpaired) electrons. The molecule has 0 spiro atoms. The highest BCUT2D eigenvalue weighted by molar-refractivity contribution is 5.62. The third-order valence-corrected chi connectivity index (χ3v) is 2.05. The fourth-order valence-electron chi connectivity index (χ4n) is 1.46. The highest BCUT2D eigenvalue weighted by Crippen LogP contribution is 2.16. The van der Waals surface area contributed by atoms with E-state index >= 15 is 0 Å². The monoisotopic (exact) mass is 176 g/mol. The molecule has 0 saturated carbocycles. The zero-order chi connectivity index (χ0) is 9.84. The number of aromatic nitrogens is 2. The van der Waals surface area contributed by atoms with Crippen LogP contribution in [0.4, 0.5) is 0 Å². The standard InChI is InChI=1S/C11H16N2/c1-5-8-13-11(7-3)10(6-2)9(4)12-13/h6-7H,2-3,5,8H2,1,4H3. The summed E-state index contributed by atoms with van der Waals surface area (Å²) in [5, 5.41) is 4.42. The summed E-state index contributed by atoms with van der Waals surface area (Å²) in [6.45, 7) is 12.6. The molecule has 1 rings (SSSR count). The molecule has 0 atom stereocenters. The minimum absolute atomic E-state index is 0.941. The molecule has 0 aliphatic heterocycles. The second-order valence-corrected chi connectivity index (χ2v) is 3.02. The SMILES string of the molecule is C=Cc1c(C)nn(CCC)c1C=C. The van der Waals surface area contributed by atoms with Gasteiger partial charge in [-0.25, -0.2) is 0 Å². The maximum absolute atomic E-state index is 4.42. The van der Waals surface area contributed by atoms with Crippen molar-refractivity contribution in [2.24, 2.45) is 0 Å². The summed E-state index contributed by atoms with van der Waals surface area (Å²) in [5.41, 5.74) is 3.20. The van der Waals surface area contributed by atoms with E-state index in [9.17, 15) is 0 Å². The smallest absolute Gasteiger partial charge is 0.0679 e. The van der Waals surface area contributed by atoms with Crippen LogP contribution in [-0.2, 0) is 6.54 Å². The average molecular weight is 176 g/mol. The molecule has 1 heterocycles. The summed E-state index contributed by atoms with van der Waals surface area (Å²) in [6.07, 6.45) is 4.76. The van der Waals surface area contributed by atoms with Crippen molar-refractivity contribution in [3.05, 3.63) is 30.1 Å². The topological polar surface area (TPSA) is 17.8 Å². The fraction of sp³-hybridized carbons (Fsp3) is 0.364. The van der Waals surface area contributed by atoms with E-state index in [0.29, 0.717) is 0 Å². The van der Waals surface area contributed by atoms with Gasteiger partial charge in [0.25, 0.3) is 0 Å². The van der Waals surface area contributed by atoms with Crippen LogP contribution in [0.1, 0.15) is 30.3 Å². The molecule has 13 heavy (non-hydrogen) atoms. The Morgan fingerprint density at radius 3 is 2.54 bits per heavy atom. The van der Waals surface area contributed by atoms with E-state index < -0.39 is 0 Å². The van der Waals surface area contributed by atoms with Gasteiger partial charge in [0.1, 0.15) is 0 Å². The Kier molecular flexibility index (Phi) is 3.07. The zero-order valence-electron chi connectivity index (χ0n) is 8.38. The number of hydrogen-bond acceptors (Lipinski definition) is 1. The van der Waals surface area contributed by atoms with Gasteiger partial charge in [-0.05, 0) is 19.4 Å². The van der Waals surface area contributed by atoms with Crippen LogP contribution in [0.15, 0.2) is 13.2 Å². The van der Waals surface area contributed by atoms with Gasteiger partial charge in [0.2, 0.25) is 0 Å². The molecule has 1 aromatic rings. The van der Waals surface area contributed by atoms with Crippen molar-refractivity contribution >= 4 is 12.2 Å². The molecule has 0 bridgehead atoms. The van der Waals surface area contributed by atoms with Gasteiger partial charge in [-0.3, -0.25) is 4.68 Å². The van der Waals surface area contributed by atoms with Crippen LogP contribution >= 0.6 is 0 Å². The van der Waals surface area contributed by atoms with Crippen molar-refractivity contribution in [2.75, 3.05) is 0 Å². The van der Waals surface area contributed by atoms with Crippen LogP contribution in [-0.4, -0.2) is 9.78 Å². The molecule has 0 saturated heterocycles. The third kappa shape index (κ3) is 1.72. The van der Waals surface area contributed by atoms with Gasteiger partial charge in [0.05, 0.1) is 11.4 Å². The maximum atomic E-state index is 4.42. The molecule has 0 unspecified atom stereocenters. The molecular weight excluding hydrogens is 160 g/mol. The molecule has 70 valence electrons. The molecule has 2 nitrogen and oxygen atoms in total. The van der Waals surface area contributed by atoms with Gasteiger partial charge in [-0.2, -0.15) is 5.10 Å². The zero-order valence-corrected chi connectivity index (χ0v) is 8.38. The average Bonchev–Trinajstić information content (AvgIpc) is 2.41. The number of nitrogens with zero attached hydrogens (tertiary/aromatic N) is 2. The highest BCUT2D eigenvalue weighted by Gasteiger charge is 2.08.